The Bertz CT molecular complexity index is 1900. The van der Waals surface area contributed by atoms with E-state index in [0.717, 1.165) is 17.9 Å². The molecule has 0 bridgehead atoms. The Morgan fingerprint density at radius 1 is 0.812 bits per heavy atom. The number of aromatic amines is 1. The predicted octanol–water partition coefficient (Wildman–Crippen LogP) is 2.05. The van der Waals surface area contributed by atoms with E-state index < -0.39 is 71.5 Å². The van der Waals surface area contributed by atoms with Crippen molar-refractivity contribution in [2.45, 2.75) is 43.8 Å². The van der Waals surface area contributed by atoms with Crippen molar-refractivity contribution in [1.29, 1.82) is 0 Å². The molecule has 4 aromatic rings. The molecule has 0 saturated carbocycles. The molecule has 0 radical (unpaired) electrons. The zero-order valence-corrected chi connectivity index (χ0v) is 25.4. The zero-order chi connectivity index (χ0) is 35.0. The van der Waals surface area contributed by atoms with Crippen molar-refractivity contribution in [1.82, 2.24) is 20.9 Å². The minimum atomic E-state index is -1.74. The first-order valence-electron chi connectivity index (χ1n) is 14.5. The van der Waals surface area contributed by atoms with Crippen molar-refractivity contribution in [2.24, 2.45) is 0 Å². The number of hydrogen-bond acceptors (Lipinski definition) is 9. The third-order valence-corrected chi connectivity index (χ3v) is 7.40. The second-order valence-electron chi connectivity index (χ2n) is 10.8. The van der Waals surface area contributed by atoms with E-state index in [2.05, 4.69) is 25.7 Å². The fourth-order valence-electron chi connectivity index (χ4n) is 4.99. The molecular weight excluding hydrogens is 630 g/mol. The maximum absolute atomic E-state index is 13.7. The molecule has 48 heavy (non-hydrogen) atoms. The lowest BCUT2D eigenvalue weighted by atomic mass is 10.0. The summed E-state index contributed by atoms with van der Waals surface area (Å²) in [5.41, 5.74) is 0.811. The molecule has 0 fully saturated rings. The van der Waals surface area contributed by atoms with Crippen molar-refractivity contribution in [3.63, 3.8) is 0 Å². The summed E-state index contributed by atoms with van der Waals surface area (Å²) in [7, 11) is 1.02. The van der Waals surface area contributed by atoms with Gasteiger partial charge in [-0.3, -0.25) is 34.1 Å². The monoisotopic (exact) mass is 661 g/mol. The minimum Gasteiger partial charge on any atom is -0.481 e. The van der Waals surface area contributed by atoms with Crippen LogP contribution in [0, 0.1) is 10.1 Å². The molecule has 6 N–H and O–H groups in total. The summed E-state index contributed by atoms with van der Waals surface area (Å²) in [4.78, 5) is 88.6. The number of rotatable bonds is 15. The molecule has 3 amide bonds. The lowest BCUT2D eigenvalue weighted by molar-refractivity contribution is -0.384. The van der Waals surface area contributed by atoms with Gasteiger partial charge < -0.3 is 35.9 Å². The van der Waals surface area contributed by atoms with Crippen LogP contribution in [0.4, 0.5) is 5.69 Å². The van der Waals surface area contributed by atoms with Gasteiger partial charge in [-0.15, -0.1) is 0 Å². The van der Waals surface area contributed by atoms with Gasteiger partial charge in [0.05, 0.1) is 18.5 Å². The topological polar surface area (TPSA) is 247 Å². The van der Waals surface area contributed by atoms with Gasteiger partial charge in [0.2, 0.25) is 11.8 Å². The number of nitro benzene ring substituents is 1. The van der Waals surface area contributed by atoms with E-state index in [4.69, 9.17) is 5.11 Å². The standard InChI is InChI=1S/C32H31N5O11/c1-48-32(45)23(10-11-27(38)39)34-31(44)26(16-28(40)41)36-29(42)24(13-17-6-7-18-4-2-3-5-19(18)12-17)35-30(43)25-15-20-14-21(37(46)47)8-9-22(20)33-25/h2-9,12,14-15,23-24,26,33H,10-11,13,16H2,1H3,(H,34,44)(H,35,43)(H,36,42)(H,38,39)(H,40,41)/t23-,24-,26-/m0/s1. The van der Waals surface area contributed by atoms with Gasteiger partial charge >= 0.3 is 17.9 Å². The molecule has 4 rings (SSSR count). The Morgan fingerprint density at radius 2 is 1.50 bits per heavy atom. The first-order chi connectivity index (χ1) is 22.8. The fraction of sp³-hybridized carbons (Fsp3) is 0.250. The minimum absolute atomic E-state index is 0.0269. The lowest BCUT2D eigenvalue weighted by Crippen LogP contribution is -2.56. The number of carbonyl (C=O) groups is 6. The first kappa shape index (κ1) is 34.6. The highest BCUT2D eigenvalue weighted by Crippen LogP contribution is 2.22. The molecule has 250 valence electrons. The zero-order valence-electron chi connectivity index (χ0n) is 25.4. The third-order valence-electron chi connectivity index (χ3n) is 7.40. The Balaban J connectivity index is 1.61. The number of methoxy groups -OCH3 is 1. The summed E-state index contributed by atoms with van der Waals surface area (Å²) in [6, 6.07) is 13.5. The number of hydrogen-bond donors (Lipinski definition) is 6. The van der Waals surface area contributed by atoms with Crippen LogP contribution in [0.25, 0.3) is 21.7 Å². The highest BCUT2D eigenvalue weighted by atomic mass is 16.6. The Morgan fingerprint density at radius 3 is 2.17 bits per heavy atom. The molecule has 3 atom stereocenters. The maximum Gasteiger partial charge on any atom is 0.328 e. The number of esters is 1. The van der Waals surface area contributed by atoms with Crippen LogP contribution in [0.15, 0.2) is 66.7 Å². The number of carbonyl (C=O) groups excluding carboxylic acids is 4. The number of nitrogens with zero attached hydrogens (tertiary/aromatic N) is 1. The summed E-state index contributed by atoms with van der Waals surface area (Å²) < 4.78 is 4.61. The van der Waals surface area contributed by atoms with Gasteiger partial charge in [0.15, 0.2) is 0 Å². The average Bonchev–Trinajstić information content (AvgIpc) is 3.49. The molecule has 1 aromatic heterocycles. The number of aliphatic carboxylic acids is 2. The molecule has 16 nitrogen and oxygen atoms in total. The summed E-state index contributed by atoms with van der Waals surface area (Å²) in [6.45, 7) is 0. The third kappa shape index (κ3) is 8.90. The van der Waals surface area contributed by atoms with Crippen LogP contribution >= 0.6 is 0 Å². The van der Waals surface area contributed by atoms with Crippen molar-refractivity contribution in [3.8, 4) is 0 Å². The van der Waals surface area contributed by atoms with Gasteiger partial charge in [0.25, 0.3) is 11.6 Å². The first-order valence-corrected chi connectivity index (χ1v) is 14.5. The highest BCUT2D eigenvalue weighted by Gasteiger charge is 2.32. The van der Waals surface area contributed by atoms with Crippen LogP contribution in [0.1, 0.15) is 35.3 Å². The largest absolute Gasteiger partial charge is 0.481 e. The summed E-state index contributed by atoms with van der Waals surface area (Å²) in [5, 5.41) is 39.0. The van der Waals surface area contributed by atoms with E-state index in [0.29, 0.717) is 16.5 Å². The number of nitro groups is 1. The molecule has 0 spiro atoms. The van der Waals surface area contributed by atoms with E-state index in [1.165, 1.54) is 24.3 Å². The second-order valence-corrected chi connectivity index (χ2v) is 10.8. The SMILES string of the molecule is COC(=O)[C@H](CCC(=O)O)NC(=O)[C@H](CC(=O)O)NC(=O)[C@H](Cc1ccc2ccccc2c1)NC(=O)c1cc2cc([N+](=O)[O-])ccc2[nH]1. The van der Waals surface area contributed by atoms with Crippen LogP contribution in [0.5, 0.6) is 0 Å². The summed E-state index contributed by atoms with van der Waals surface area (Å²) in [5.74, 6) is -6.51. The van der Waals surface area contributed by atoms with E-state index >= 15 is 0 Å². The molecule has 3 aromatic carbocycles. The maximum atomic E-state index is 13.7. The highest BCUT2D eigenvalue weighted by molar-refractivity contribution is 6.01. The quantitative estimate of drug-likeness (QED) is 0.0611. The fourth-order valence-corrected chi connectivity index (χ4v) is 4.99. The molecule has 0 saturated heterocycles. The molecular formula is C32H31N5O11. The lowest BCUT2D eigenvalue weighted by Gasteiger charge is -2.24. The van der Waals surface area contributed by atoms with Gasteiger partial charge in [0.1, 0.15) is 23.8 Å². The number of carboxylic acids is 2. The van der Waals surface area contributed by atoms with Crippen molar-refractivity contribution >= 4 is 63.0 Å². The van der Waals surface area contributed by atoms with Crippen molar-refractivity contribution in [2.75, 3.05) is 7.11 Å². The normalized spacial score (nSPS) is 12.8. The molecule has 0 aliphatic rings. The summed E-state index contributed by atoms with van der Waals surface area (Å²) in [6.07, 6.45) is -1.90. The molecule has 1 heterocycles. The van der Waals surface area contributed by atoms with Crippen LogP contribution in [0.3, 0.4) is 0 Å². The molecule has 16 heteroatoms. The smallest absolute Gasteiger partial charge is 0.328 e. The van der Waals surface area contributed by atoms with Gasteiger partial charge in [-0.25, -0.2) is 4.79 Å². The van der Waals surface area contributed by atoms with Crippen molar-refractivity contribution in [3.05, 3.63) is 88.1 Å². The van der Waals surface area contributed by atoms with Gasteiger partial charge in [0, 0.05) is 35.9 Å². The van der Waals surface area contributed by atoms with E-state index in [1.54, 1.807) is 12.1 Å². The van der Waals surface area contributed by atoms with Gasteiger partial charge in [-0.2, -0.15) is 0 Å². The van der Waals surface area contributed by atoms with Crippen LogP contribution in [0.2, 0.25) is 0 Å². The number of ether oxygens (including phenoxy) is 1. The second kappa shape index (κ2) is 15.3. The van der Waals surface area contributed by atoms with E-state index in [9.17, 15) is 44.0 Å². The van der Waals surface area contributed by atoms with Gasteiger partial charge in [-0.1, -0.05) is 42.5 Å². The molecule has 0 aliphatic heterocycles. The number of benzene rings is 3. The number of carboxylic acid groups (broad SMARTS) is 2. The predicted molar refractivity (Wildman–Crippen MR) is 169 cm³/mol. The number of nitrogens with one attached hydrogen (secondary N) is 4. The average molecular weight is 662 g/mol. The van der Waals surface area contributed by atoms with Crippen molar-refractivity contribution < 1.29 is 48.6 Å². The number of amides is 3. The Labute approximate surface area is 271 Å². The number of non-ortho nitro benzene ring substituents is 1. The van der Waals surface area contributed by atoms with Crippen LogP contribution in [-0.4, -0.2) is 81.0 Å². The van der Waals surface area contributed by atoms with Crippen LogP contribution in [-0.2, 0) is 35.1 Å². The number of aromatic nitrogens is 1. The van der Waals surface area contributed by atoms with E-state index in [-0.39, 0.29) is 24.2 Å². The Hall–Kier alpha value is -6.32. The number of fused-ring (bicyclic) bond motifs is 2. The van der Waals surface area contributed by atoms with E-state index in [1.807, 2.05) is 30.3 Å². The molecule has 0 aliphatic carbocycles. The summed E-state index contributed by atoms with van der Waals surface area (Å²) >= 11 is 0. The Kier molecular flexibility index (Phi) is 11.0. The van der Waals surface area contributed by atoms with Gasteiger partial charge in [-0.05, 0) is 34.9 Å². The molecule has 0 unspecified atom stereocenters. The number of H-pyrrole nitrogens is 1. The van der Waals surface area contributed by atoms with Crippen LogP contribution < -0.4 is 16.0 Å².